The van der Waals surface area contributed by atoms with Crippen LogP contribution in [0.1, 0.15) is 16.3 Å². The molecule has 0 fully saturated rings. The van der Waals surface area contributed by atoms with Crippen molar-refractivity contribution in [2.45, 2.75) is 12.5 Å². The number of imidazole rings is 2. The fourth-order valence-corrected chi connectivity index (χ4v) is 1.40. The van der Waals surface area contributed by atoms with Crippen LogP contribution in [0.15, 0.2) is 24.9 Å². The Morgan fingerprint density at radius 2 is 2.33 bits per heavy atom. The van der Waals surface area contributed by atoms with Gasteiger partial charge in [-0.1, -0.05) is 0 Å². The molecule has 18 heavy (non-hydrogen) atoms. The maximum atomic E-state index is 11.8. The molecule has 0 spiro atoms. The van der Waals surface area contributed by atoms with E-state index in [-0.39, 0.29) is 18.2 Å². The monoisotopic (exact) mass is 249 g/mol. The van der Waals surface area contributed by atoms with Crippen molar-refractivity contribution in [3.63, 3.8) is 0 Å². The Labute approximate surface area is 101 Å². The molecule has 2 rings (SSSR count). The van der Waals surface area contributed by atoms with Crippen molar-refractivity contribution in [1.82, 2.24) is 19.5 Å². The first kappa shape index (κ1) is 12.0. The summed E-state index contributed by atoms with van der Waals surface area (Å²) in [5, 5.41) is 8.67. The SMILES string of the molecule is N[C@@H](Cc1cnc(C(=O)n2ccnc2)[nH]1)C(=O)O. The van der Waals surface area contributed by atoms with Gasteiger partial charge in [0, 0.05) is 30.7 Å². The van der Waals surface area contributed by atoms with Crippen LogP contribution in [0.4, 0.5) is 0 Å². The van der Waals surface area contributed by atoms with E-state index in [1.807, 2.05) is 0 Å². The van der Waals surface area contributed by atoms with Crippen LogP contribution in [0, 0.1) is 0 Å². The van der Waals surface area contributed by atoms with E-state index in [9.17, 15) is 9.59 Å². The molecule has 0 amide bonds. The zero-order valence-electron chi connectivity index (χ0n) is 9.28. The third-order valence-electron chi connectivity index (χ3n) is 2.33. The van der Waals surface area contributed by atoms with Gasteiger partial charge in [-0.3, -0.25) is 14.2 Å². The minimum Gasteiger partial charge on any atom is -0.480 e. The Morgan fingerprint density at radius 1 is 1.56 bits per heavy atom. The summed E-state index contributed by atoms with van der Waals surface area (Å²) in [5.74, 6) is -1.37. The van der Waals surface area contributed by atoms with Crippen molar-refractivity contribution in [3.05, 3.63) is 36.4 Å². The number of carboxylic acid groups (broad SMARTS) is 1. The first-order valence-corrected chi connectivity index (χ1v) is 5.13. The van der Waals surface area contributed by atoms with Crippen LogP contribution >= 0.6 is 0 Å². The molecule has 94 valence electrons. The van der Waals surface area contributed by atoms with Crippen molar-refractivity contribution in [3.8, 4) is 0 Å². The summed E-state index contributed by atoms with van der Waals surface area (Å²) < 4.78 is 1.26. The second kappa shape index (κ2) is 4.80. The highest BCUT2D eigenvalue weighted by atomic mass is 16.4. The summed E-state index contributed by atoms with van der Waals surface area (Å²) in [7, 11) is 0. The van der Waals surface area contributed by atoms with E-state index in [0.717, 1.165) is 0 Å². The topological polar surface area (TPSA) is 127 Å². The zero-order valence-corrected chi connectivity index (χ0v) is 9.28. The minimum absolute atomic E-state index is 0.0829. The van der Waals surface area contributed by atoms with Crippen molar-refractivity contribution in [2.24, 2.45) is 5.73 Å². The van der Waals surface area contributed by atoms with E-state index in [0.29, 0.717) is 5.69 Å². The molecule has 0 aromatic carbocycles. The number of nitrogens with one attached hydrogen (secondary N) is 1. The number of rotatable bonds is 4. The molecular formula is C10H11N5O3. The van der Waals surface area contributed by atoms with Crippen molar-refractivity contribution < 1.29 is 14.7 Å². The minimum atomic E-state index is -1.10. The predicted octanol–water partition coefficient (Wildman–Crippen LogP) is -0.751. The van der Waals surface area contributed by atoms with E-state index < -0.39 is 12.0 Å². The molecule has 0 aliphatic carbocycles. The number of aliphatic carboxylic acids is 1. The average molecular weight is 249 g/mol. The molecule has 0 aliphatic rings. The fraction of sp³-hybridized carbons (Fsp3) is 0.200. The summed E-state index contributed by atoms with van der Waals surface area (Å²) in [6.07, 6.45) is 5.80. The molecule has 8 nitrogen and oxygen atoms in total. The highest BCUT2D eigenvalue weighted by Crippen LogP contribution is 2.03. The first-order valence-electron chi connectivity index (χ1n) is 5.13. The molecule has 4 N–H and O–H groups in total. The third-order valence-corrected chi connectivity index (χ3v) is 2.33. The number of carbonyl (C=O) groups is 2. The number of H-pyrrole nitrogens is 1. The van der Waals surface area contributed by atoms with Gasteiger partial charge in [0.25, 0.3) is 5.91 Å². The second-order valence-corrected chi connectivity index (χ2v) is 3.68. The number of nitrogens with two attached hydrogens (primary N) is 1. The molecular weight excluding hydrogens is 238 g/mol. The molecule has 0 saturated carbocycles. The van der Waals surface area contributed by atoms with Crippen LogP contribution in [-0.2, 0) is 11.2 Å². The summed E-state index contributed by atoms with van der Waals surface area (Å²) in [6.45, 7) is 0. The van der Waals surface area contributed by atoms with Gasteiger partial charge in [0.2, 0.25) is 0 Å². The number of carboxylic acids is 1. The molecule has 2 aromatic heterocycles. The van der Waals surface area contributed by atoms with Gasteiger partial charge in [0.1, 0.15) is 12.4 Å². The standard InChI is InChI=1S/C10H11N5O3/c11-7(10(17)18)3-6-4-13-8(14-6)9(16)15-2-1-12-5-15/h1-2,4-5,7H,3,11H2,(H,13,14)(H,17,18)/t7-/m0/s1. The fourth-order valence-electron chi connectivity index (χ4n) is 1.40. The number of hydrogen-bond acceptors (Lipinski definition) is 5. The number of aromatic amines is 1. The number of carbonyl (C=O) groups excluding carboxylic acids is 1. The normalized spacial score (nSPS) is 12.3. The van der Waals surface area contributed by atoms with Gasteiger partial charge in [-0.05, 0) is 0 Å². The Balaban J connectivity index is 2.11. The molecule has 0 unspecified atom stereocenters. The van der Waals surface area contributed by atoms with E-state index in [4.69, 9.17) is 10.8 Å². The predicted molar refractivity (Wildman–Crippen MR) is 59.9 cm³/mol. The van der Waals surface area contributed by atoms with Gasteiger partial charge in [-0.15, -0.1) is 0 Å². The maximum Gasteiger partial charge on any atom is 0.320 e. The van der Waals surface area contributed by atoms with Crippen LogP contribution in [-0.4, -0.2) is 42.5 Å². The molecule has 2 aromatic rings. The van der Waals surface area contributed by atoms with Crippen LogP contribution in [0.25, 0.3) is 0 Å². The van der Waals surface area contributed by atoms with Crippen molar-refractivity contribution >= 4 is 11.9 Å². The van der Waals surface area contributed by atoms with E-state index >= 15 is 0 Å². The Bertz CT molecular complexity index is 560. The first-order chi connectivity index (χ1) is 8.58. The molecule has 0 saturated heterocycles. The number of aromatic nitrogens is 4. The lowest BCUT2D eigenvalue weighted by atomic mass is 10.2. The lowest BCUT2D eigenvalue weighted by Gasteiger charge is -2.02. The molecule has 2 heterocycles. The molecule has 0 radical (unpaired) electrons. The molecule has 8 heteroatoms. The summed E-state index contributed by atoms with van der Waals surface area (Å²) in [5.41, 5.74) is 5.87. The maximum absolute atomic E-state index is 11.8. The molecule has 0 aliphatic heterocycles. The van der Waals surface area contributed by atoms with Gasteiger partial charge in [0.15, 0.2) is 5.82 Å². The lowest BCUT2D eigenvalue weighted by Crippen LogP contribution is -2.32. The van der Waals surface area contributed by atoms with Crippen LogP contribution in [0.3, 0.4) is 0 Å². The van der Waals surface area contributed by atoms with E-state index in [1.165, 1.54) is 29.5 Å². The van der Waals surface area contributed by atoms with Gasteiger partial charge >= 0.3 is 5.97 Å². The lowest BCUT2D eigenvalue weighted by molar-refractivity contribution is -0.138. The van der Waals surface area contributed by atoms with Crippen molar-refractivity contribution in [2.75, 3.05) is 0 Å². The Kier molecular flexibility index (Phi) is 3.20. The Morgan fingerprint density at radius 3 is 2.94 bits per heavy atom. The molecule has 1 atom stereocenters. The van der Waals surface area contributed by atoms with Gasteiger partial charge in [-0.2, -0.15) is 0 Å². The summed E-state index contributed by atoms with van der Waals surface area (Å²) in [4.78, 5) is 32.8. The van der Waals surface area contributed by atoms with Gasteiger partial charge in [0.05, 0.1) is 0 Å². The smallest absolute Gasteiger partial charge is 0.320 e. The average Bonchev–Trinajstić information content (AvgIpc) is 2.98. The summed E-state index contributed by atoms with van der Waals surface area (Å²) >= 11 is 0. The highest BCUT2D eigenvalue weighted by Gasteiger charge is 2.16. The van der Waals surface area contributed by atoms with E-state index in [1.54, 1.807) is 0 Å². The number of nitrogens with zero attached hydrogens (tertiary/aromatic N) is 3. The summed E-state index contributed by atoms with van der Waals surface area (Å²) in [6, 6.07) is -1.03. The van der Waals surface area contributed by atoms with Crippen molar-refractivity contribution in [1.29, 1.82) is 0 Å². The Hall–Kier alpha value is -2.48. The molecule has 0 bridgehead atoms. The van der Waals surface area contributed by atoms with Gasteiger partial charge in [-0.25, -0.2) is 9.97 Å². The van der Waals surface area contributed by atoms with Crippen LogP contribution < -0.4 is 5.73 Å². The highest BCUT2D eigenvalue weighted by molar-refractivity contribution is 5.92. The largest absolute Gasteiger partial charge is 0.480 e. The second-order valence-electron chi connectivity index (χ2n) is 3.68. The zero-order chi connectivity index (χ0) is 13.1. The number of hydrogen-bond donors (Lipinski definition) is 3. The van der Waals surface area contributed by atoms with Gasteiger partial charge < -0.3 is 15.8 Å². The quantitative estimate of drug-likeness (QED) is 0.654. The third kappa shape index (κ3) is 2.43. The van der Waals surface area contributed by atoms with Crippen LogP contribution in [0.5, 0.6) is 0 Å². The van der Waals surface area contributed by atoms with E-state index in [2.05, 4.69) is 15.0 Å². The van der Waals surface area contributed by atoms with Crippen LogP contribution in [0.2, 0.25) is 0 Å².